The SMILES string of the molecule is CCCc1cc(C23CC4CC(CC(C4)C2)C3)nc2cc(C(=O)N3CCCCCC3)nn12. The summed E-state index contributed by atoms with van der Waals surface area (Å²) in [6.07, 6.45) is 15.0. The van der Waals surface area contributed by atoms with E-state index in [1.165, 1.54) is 62.8 Å². The second-order valence-corrected chi connectivity index (χ2v) is 11.1. The molecule has 0 atom stereocenters. The van der Waals surface area contributed by atoms with Gasteiger partial charge in [0, 0.05) is 30.3 Å². The van der Waals surface area contributed by atoms with Gasteiger partial charge in [-0.3, -0.25) is 4.79 Å². The molecule has 4 bridgehead atoms. The van der Waals surface area contributed by atoms with Crippen LogP contribution >= 0.6 is 0 Å². The molecule has 4 saturated carbocycles. The summed E-state index contributed by atoms with van der Waals surface area (Å²) in [4.78, 5) is 20.4. The second-order valence-electron chi connectivity index (χ2n) is 11.1. The summed E-state index contributed by atoms with van der Waals surface area (Å²) < 4.78 is 1.97. The number of rotatable bonds is 4. The zero-order valence-electron chi connectivity index (χ0n) is 19.0. The third kappa shape index (κ3) is 3.39. The van der Waals surface area contributed by atoms with Crippen LogP contribution in [0.2, 0.25) is 0 Å². The van der Waals surface area contributed by atoms with Crippen molar-refractivity contribution >= 4 is 11.6 Å². The summed E-state index contributed by atoms with van der Waals surface area (Å²) in [5.74, 6) is 2.81. The first-order valence-corrected chi connectivity index (χ1v) is 12.8. The predicted octanol–water partition coefficient (Wildman–Crippen LogP) is 5.17. The van der Waals surface area contributed by atoms with Crippen molar-refractivity contribution in [1.82, 2.24) is 19.5 Å². The van der Waals surface area contributed by atoms with Crippen LogP contribution < -0.4 is 0 Å². The van der Waals surface area contributed by atoms with E-state index in [2.05, 4.69) is 13.0 Å². The first kappa shape index (κ1) is 19.8. The van der Waals surface area contributed by atoms with Gasteiger partial charge >= 0.3 is 0 Å². The van der Waals surface area contributed by atoms with Gasteiger partial charge in [-0.15, -0.1) is 0 Å². The van der Waals surface area contributed by atoms with Crippen molar-refractivity contribution in [2.45, 2.75) is 89.4 Å². The van der Waals surface area contributed by atoms with Crippen LogP contribution in [0.1, 0.15) is 99.4 Å². The molecule has 0 spiro atoms. The first-order valence-electron chi connectivity index (χ1n) is 12.8. The Morgan fingerprint density at radius 2 is 1.65 bits per heavy atom. The largest absolute Gasteiger partial charge is 0.337 e. The molecule has 7 rings (SSSR count). The number of aromatic nitrogens is 3. The van der Waals surface area contributed by atoms with Crippen LogP contribution in [0.4, 0.5) is 0 Å². The van der Waals surface area contributed by atoms with Crippen molar-refractivity contribution in [3.05, 3.63) is 29.2 Å². The van der Waals surface area contributed by atoms with E-state index in [9.17, 15) is 4.79 Å². The number of carbonyl (C=O) groups is 1. The minimum absolute atomic E-state index is 0.0891. The molecule has 5 aliphatic rings. The lowest BCUT2D eigenvalue weighted by molar-refractivity contribution is -0.00719. The maximum Gasteiger partial charge on any atom is 0.274 e. The Hall–Kier alpha value is -1.91. The fraction of sp³-hybridized carbons (Fsp3) is 0.731. The molecular formula is C26H36N4O. The summed E-state index contributed by atoms with van der Waals surface area (Å²) in [6, 6.07) is 4.33. The molecule has 2 aromatic rings. The third-order valence-electron chi connectivity index (χ3n) is 8.70. The maximum absolute atomic E-state index is 13.2. The van der Waals surface area contributed by atoms with E-state index in [1.807, 2.05) is 15.5 Å². The van der Waals surface area contributed by atoms with Gasteiger partial charge in [0.1, 0.15) is 0 Å². The minimum Gasteiger partial charge on any atom is -0.337 e. The molecule has 0 unspecified atom stereocenters. The fourth-order valence-corrected chi connectivity index (χ4v) is 7.71. The van der Waals surface area contributed by atoms with Gasteiger partial charge in [0.15, 0.2) is 11.3 Å². The summed E-state index contributed by atoms with van der Waals surface area (Å²) >= 11 is 0. The van der Waals surface area contributed by atoms with Crippen LogP contribution in [-0.2, 0) is 11.8 Å². The molecule has 5 fully saturated rings. The molecule has 3 heterocycles. The summed E-state index contributed by atoms with van der Waals surface area (Å²) in [6.45, 7) is 3.95. The topological polar surface area (TPSA) is 50.5 Å². The van der Waals surface area contributed by atoms with Gasteiger partial charge in [-0.1, -0.05) is 26.2 Å². The molecule has 1 aliphatic heterocycles. The van der Waals surface area contributed by atoms with Crippen LogP contribution in [0.15, 0.2) is 12.1 Å². The summed E-state index contributed by atoms with van der Waals surface area (Å²) in [5.41, 5.74) is 4.27. The molecule has 166 valence electrons. The van der Waals surface area contributed by atoms with Crippen molar-refractivity contribution in [3.8, 4) is 0 Å². The fourth-order valence-electron chi connectivity index (χ4n) is 7.71. The van der Waals surface area contributed by atoms with Crippen LogP contribution in [0, 0.1) is 17.8 Å². The van der Waals surface area contributed by atoms with Crippen LogP contribution in [0.5, 0.6) is 0 Å². The van der Waals surface area contributed by atoms with E-state index in [0.29, 0.717) is 5.69 Å². The Morgan fingerprint density at radius 1 is 1.00 bits per heavy atom. The zero-order chi connectivity index (χ0) is 21.0. The van der Waals surface area contributed by atoms with Crippen molar-refractivity contribution in [2.75, 3.05) is 13.1 Å². The van der Waals surface area contributed by atoms with Gasteiger partial charge in [-0.25, -0.2) is 9.50 Å². The maximum atomic E-state index is 13.2. The molecule has 31 heavy (non-hydrogen) atoms. The normalized spacial score (nSPS) is 32.5. The van der Waals surface area contributed by atoms with E-state index in [4.69, 9.17) is 10.1 Å². The van der Waals surface area contributed by atoms with Gasteiger partial charge in [0.25, 0.3) is 5.91 Å². The average Bonchev–Trinajstić information content (AvgIpc) is 2.99. The summed E-state index contributed by atoms with van der Waals surface area (Å²) in [7, 11) is 0. The Morgan fingerprint density at radius 3 is 2.26 bits per heavy atom. The Bertz CT molecular complexity index is 949. The van der Waals surface area contributed by atoms with Gasteiger partial charge in [-0.05, 0) is 81.6 Å². The molecule has 5 nitrogen and oxygen atoms in total. The average molecular weight is 421 g/mol. The Labute approximate surface area is 185 Å². The number of amides is 1. The quantitative estimate of drug-likeness (QED) is 0.686. The predicted molar refractivity (Wildman–Crippen MR) is 121 cm³/mol. The highest BCUT2D eigenvalue weighted by Crippen LogP contribution is 2.60. The van der Waals surface area contributed by atoms with E-state index in [0.717, 1.165) is 62.2 Å². The van der Waals surface area contributed by atoms with Crippen LogP contribution in [0.3, 0.4) is 0 Å². The molecule has 2 aromatic heterocycles. The zero-order valence-corrected chi connectivity index (χ0v) is 19.0. The number of hydrogen-bond donors (Lipinski definition) is 0. The Balaban J connectivity index is 1.38. The highest BCUT2D eigenvalue weighted by atomic mass is 16.2. The molecule has 5 heteroatoms. The standard InChI is InChI=1S/C26H36N4O/c1-2-7-21-13-23(26-15-18-10-19(16-26)12-20(11-18)17-26)27-24-14-22(28-30(21)24)25(31)29-8-5-3-4-6-9-29/h13-14,18-20H,2-12,15-17H2,1H3. The van der Waals surface area contributed by atoms with Gasteiger partial charge in [0.2, 0.25) is 0 Å². The number of carbonyl (C=O) groups excluding carboxylic acids is 1. The third-order valence-corrected chi connectivity index (χ3v) is 8.70. The second kappa shape index (κ2) is 7.60. The van der Waals surface area contributed by atoms with Gasteiger partial charge < -0.3 is 4.90 Å². The van der Waals surface area contributed by atoms with E-state index in [1.54, 1.807) is 0 Å². The lowest BCUT2D eigenvalue weighted by atomic mass is 9.49. The molecule has 0 N–H and O–H groups in total. The lowest BCUT2D eigenvalue weighted by Gasteiger charge is -2.56. The molecule has 0 aromatic carbocycles. The van der Waals surface area contributed by atoms with E-state index < -0.39 is 0 Å². The molecule has 0 radical (unpaired) electrons. The summed E-state index contributed by atoms with van der Waals surface area (Å²) in [5, 5.41) is 4.79. The molecular weight excluding hydrogens is 384 g/mol. The Kier molecular flexibility index (Phi) is 4.84. The van der Waals surface area contributed by atoms with E-state index >= 15 is 0 Å². The van der Waals surface area contributed by atoms with Crippen LogP contribution in [-0.4, -0.2) is 38.5 Å². The van der Waals surface area contributed by atoms with Gasteiger partial charge in [-0.2, -0.15) is 5.10 Å². The number of hydrogen-bond acceptors (Lipinski definition) is 3. The van der Waals surface area contributed by atoms with Crippen molar-refractivity contribution in [3.63, 3.8) is 0 Å². The van der Waals surface area contributed by atoms with Crippen molar-refractivity contribution in [1.29, 1.82) is 0 Å². The smallest absolute Gasteiger partial charge is 0.274 e. The van der Waals surface area contributed by atoms with Crippen LogP contribution in [0.25, 0.3) is 5.65 Å². The minimum atomic E-state index is 0.0891. The molecule has 4 aliphatic carbocycles. The number of aryl methyl sites for hydroxylation is 1. The first-order chi connectivity index (χ1) is 15.1. The number of nitrogens with zero attached hydrogens (tertiary/aromatic N) is 4. The molecule has 1 amide bonds. The van der Waals surface area contributed by atoms with Crippen molar-refractivity contribution in [2.24, 2.45) is 17.8 Å². The lowest BCUT2D eigenvalue weighted by Crippen LogP contribution is -2.49. The number of likely N-dealkylation sites (tertiary alicyclic amines) is 1. The monoisotopic (exact) mass is 420 g/mol. The van der Waals surface area contributed by atoms with Crippen molar-refractivity contribution < 1.29 is 4.79 Å². The number of fused-ring (bicyclic) bond motifs is 1. The molecule has 1 saturated heterocycles. The highest BCUT2D eigenvalue weighted by Gasteiger charge is 2.52. The van der Waals surface area contributed by atoms with E-state index in [-0.39, 0.29) is 11.3 Å². The van der Waals surface area contributed by atoms with Gasteiger partial charge in [0.05, 0.1) is 5.69 Å². The highest BCUT2D eigenvalue weighted by molar-refractivity contribution is 5.93.